The van der Waals surface area contributed by atoms with E-state index in [1.165, 1.54) is 0 Å². The molecule has 0 bridgehead atoms. The maximum absolute atomic E-state index is 11.5. The first-order valence-corrected chi connectivity index (χ1v) is 6.72. The van der Waals surface area contributed by atoms with E-state index >= 15 is 0 Å². The molecule has 1 heterocycles. The van der Waals surface area contributed by atoms with E-state index in [1.54, 1.807) is 24.5 Å². The van der Waals surface area contributed by atoms with Gasteiger partial charge in [0.1, 0.15) is 11.3 Å². The van der Waals surface area contributed by atoms with E-state index in [2.05, 4.69) is 5.32 Å². The number of rotatable bonds is 5. The molecule has 3 N–H and O–H groups in total. The Kier molecular flexibility index (Phi) is 4.47. The van der Waals surface area contributed by atoms with E-state index < -0.39 is 6.09 Å². The van der Waals surface area contributed by atoms with Crippen molar-refractivity contribution in [2.45, 2.75) is 20.3 Å². The van der Waals surface area contributed by atoms with Gasteiger partial charge in [0.2, 0.25) is 5.91 Å². The minimum atomic E-state index is -0.858. The molecule has 1 aromatic heterocycles. The lowest BCUT2D eigenvalue weighted by molar-refractivity contribution is -0.123. The van der Waals surface area contributed by atoms with Crippen LogP contribution < -0.4 is 15.8 Å². The number of carbonyl (C=O) groups excluding carboxylic acids is 2. The Hall–Kier alpha value is -2.50. The minimum absolute atomic E-state index is 0.0144. The molecule has 6 nitrogen and oxygen atoms in total. The van der Waals surface area contributed by atoms with Crippen LogP contribution in [0.5, 0.6) is 5.75 Å². The summed E-state index contributed by atoms with van der Waals surface area (Å²) in [7, 11) is 0. The molecule has 0 saturated carbocycles. The summed E-state index contributed by atoms with van der Waals surface area (Å²) >= 11 is 0. The van der Waals surface area contributed by atoms with Crippen LogP contribution in [0.2, 0.25) is 0 Å². The highest BCUT2D eigenvalue weighted by atomic mass is 16.5. The highest BCUT2D eigenvalue weighted by Gasteiger charge is 2.10. The fraction of sp³-hybridized carbons (Fsp3) is 0.333. The number of nitrogens with two attached hydrogens (primary N) is 1. The van der Waals surface area contributed by atoms with Crippen molar-refractivity contribution in [2.24, 2.45) is 11.7 Å². The Labute approximate surface area is 122 Å². The van der Waals surface area contributed by atoms with E-state index in [-0.39, 0.29) is 11.8 Å². The van der Waals surface area contributed by atoms with Gasteiger partial charge in [-0.25, -0.2) is 4.79 Å². The third kappa shape index (κ3) is 3.75. The molecule has 0 aliphatic rings. The topological polar surface area (TPSA) is 94.6 Å². The van der Waals surface area contributed by atoms with Crippen molar-refractivity contribution < 1.29 is 18.7 Å². The van der Waals surface area contributed by atoms with E-state index in [0.717, 1.165) is 10.9 Å². The molecule has 112 valence electrons. The van der Waals surface area contributed by atoms with Gasteiger partial charge in [0.05, 0.1) is 6.26 Å². The van der Waals surface area contributed by atoms with Gasteiger partial charge in [-0.1, -0.05) is 13.8 Å². The van der Waals surface area contributed by atoms with Crippen LogP contribution in [0, 0.1) is 5.92 Å². The third-order valence-corrected chi connectivity index (χ3v) is 3.06. The highest BCUT2D eigenvalue weighted by molar-refractivity contribution is 5.83. The predicted octanol–water partition coefficient (Wildman–Crippen LogP) is 2.21. The average Bonchev–Trinajstić information content (AvgIpc) is 2.80. The van der Waals surface area contributed by atoms with Crippen molar-refractivity contribution in [1.82, 2.24) is 5.32 Å². The van der Waals surface area contributed by atoms with Crippen molar-refractivity contribution in [3.05, 3.63) is 30.0 Å². The number of carbonyl (C=O) groups is 2. The molecular formula is C15H18N2O4. The first kappa shape index (κ1) is 14.9. The molecule has 2 aromatic rings. The minimum Gasteiger partial charge on any atom is -0.464 e. The van der Waals surface area contributed by atoms with Gasteiger partial charge in [-0.3, -0.25) is 4.79 Å². The Morgan fingerprint density at radius 2 is 2.14 bits per heavy atom. The fourth-order valence-electron chi connectivity index (χ4n) is 1.96. The second kappa shape index (κ2) is 6.30. The summed E-state index contributed by atoms with van der Waals surface area (Å²) in [6.45, 7) is 4.21. The zero-order valence-electron chi connectivity index (χ0n) is 12.0. The number of hydrogen-bond donors (Lipinski definition) is 2. The summed E-state index contributed by atoms with van der Waals surface area (Å²) in [5, 5.41) is 3.69. The summed E-state index contributed by atoms with van der Waals surface area (Å²) < 4.78 is 10.3. The van der Waals surface area contributed by atoms with Crippen LogP contribution in [0.4, 0.5) is 4.79 Å². The Morgan fingerprint density at radius 3 is 2.81 bits per heavy atom. The second-order valence-electron chi connectivity index (χ2n) is 5.04. The van der Waals surface area contributed by atoms with Gasteiger partial charge in [-0.15, -0.1) is 0 Å². The van der Waals surface area contributed by atoms with Crippen LogP contribution in [0.15, 0.2) is 28.9 Å². The maximum Gasteiger partial charge on any atom is 0.409 e. The number of fused-ring (bicyclic) bond motifs is 1. The third-order valence-electron chi connectivity index (χ3n) is 3.06. The molecular weight excluding hydrogens is 272 g/mol. The smallest absolute Gasteiger partial charge is 0.409 e. The molecule has 0 saturated heterocycles. The van der Waals surface area contributed by atoms with Crippen LogP contribution in [0.25, 0.3) is 11.0 Å². The van der Waals surface area contributed by atoms with Crippen molar-refractivity contribution in [3.63, 3.8) is 0 Å². The lowest BCUT2D eigenvalue weighted by Crippen LogP contribution is -2.29. The molecule has 0 atom stereocenters. The van der Waals surface area contributed by atoms with Crippen LogP contribution in [-0.4, -0.2) is 18.5 Å². The number of nitrogens with one attached hydrogen (secondary N) is 1. The number of amides is 2. The van der Waals surface area contributed by atoms with E-state index in [1.807, 2.05) is 13.8 Å². The van der Waals surface area contributed by atoms with Gasteiger partial charge in [0, 0.05) is 23.4 Å². The molecule has 0 fully saturated rings. The SMILES string of the molecule is CC(C)C(=O)NCCc1coc2ccc(OC(N)=O)cc12. The largest absolute Gasteiger partial charge is 0.464 e. The molecule has 21 heavy (non-hydrogen) atoms. The van der Waals surface area contributed by atoms with E-state index in [4.69, 9.17) is 14.9 Å². The summed E-state index contributed by atoms with van der Waals surface area (Å²) in [5.74, 6) is 0.339. The standard InChI is InChI=1S/C15H18N2O4/c1-9(2)14(18)17-6-5-10-8-20-13-4-3-11(7-12(10)13)21-15(16)19/h3-4,7-9H,5-6H2,1-2H3,(H2,16,19)(H,17,18). The molecule has 2 rings (SSSR count). The molecule has 6 heteroatoms. The predicted molar refractivity (Wildman–Crippen MR) is 78.0 cm³/mol. The van der Waals surface area contributed by atoms with E-state index in [9.17, 15) is 9.59 Å². The number of hydrogen-bond acceptors (Lipinski definition) is 4. The van der Waals surface area contributed by atoms with Crippen molar-refractivity contribution in [3.8, 4) is 5.75 Å². The Morgan fingerprint density at radius 1 is 1.38 bits per heavy atom. The van der Waals surface area contributed by atoms with Crippen LogP contribution in [-0.2, 0) is 11.2 Å². The zero-order valence-corrected chi connectivity index (χ0v) is 12.0. The van der Waals surface area contributed by atoms with Crippen LogP contribution >= 0.6 is 0 Å². The molecule has 0 aliphatic carbocycles. The quantitative estimate of drug-likeness (QED) is 0.882. The molecule has 2 amide bonds. The van der Waals surface area contributed by atoms with Gasteiger partial charge < -0.3 is 20.2 Å². The molecule has 0 spiro atoms. The van der Waals surface area contributed by atoms with Gasteiger partial charge in [0.15, 0.2) is 0 Å². The number of ether oxygens (including phenoxy) is 1. The molecule has 0 unspecified atom stereocenters. The lowest BCUT2D eigenvalue weighted by atomic mass is 10.1. The number of benzene rings is 1. The van der Waals surface area contributed by atoms with Crippen molar-refractivity contribution >= 4 is 23.0 Å². The molecule has 1 aromatic carbocycles. The summed E-state index contributed by atoms with van der Waals surface area (Å²) in [6, 6.07) is 5.02. The second-order valence-corrected chi connectivity index (χ2v) is 5.04. The number of furan rings is 1. The van der Waals surface area contributed by atoms with Crippen LogP contribution in [0.1, 0.15) is 19.4 Å². The lowest BCUT2D eigenvalue weighted by Gasteiger charge is -2.06. The molecule has 0 aliphatic heterocycles. The summed E-state index contributed by atoms with van der Waals surface area (Å²) in [4.78, 5) is 22.3. The first-order chi connectivity index (χ1) is 9.97. The van der Waals surface area contributed by atoms with E-state index in [0.29, 0.717) is 24.3 Å². The van der Waals surface area contributed by atoms with Crippen LogP contribution in [0.3, 0.4) is 0 Å². The van der Waals surface area contributed by atoms with Gasteiger partial charge in [-0.05, 0) is 24.6 Å². The normalized spacial score (nSPS) is 10.8. The van der Waals surface area contributed by atoms with Gasteiger partial charge in [-0.2, -0.15) is 0 Å². The zero-order chi connectivity index (χ0) is 15.4. The van der Waals surface area contributed by atoms with Crippen molar-refractivity contribution in [2.75, 3.05) is 6.54 Å². The van der Waals surface area contributed by atoms with Crippen molar-refractivity contribution in [1.29, 1.82) is 0 Å². The fourth-order valence-corrected chi connectivity index (χ4v) is 1.96. The summed E-state index contributed by atoms with van der Waals surface area (Å²) in [6.07, 6.45) is 1.41. The molecule has 0 radical (unpaired) electrons. The Balaban J connectivity index is 2.09. The Bertz CT molecular complexity index is 661. The monoisotopic (exact) mass is 290 g/mol. The number of primary amides is 1. The van der Waals surface area contributed by atoms with Gasteiger partial charge in [0.25, 0.3) is 0 Å². The summed E-state index contributed by atoms with van der Waals surface area (Å²) in [5.41, 5.74) is 6.62. The highest BCUT2D eigenvalue weighted by Crippen LogP contribution is 2.26. The van der Waals surface area contributed by atoms with Gasteiger partial charge >= 0.3 is 6.09 Å². The average molecular weight is 290 g/mol. The first-order valence-electron chi connectivity index (χ1n) is 6.72. The maximum atomic E-state index is 11.5.